The first-order valence-electron chi connectivity index (χ1n) is 6.76. The summed E-state index contributed by atoms with van der Waals surface area (Å²) in [5.41, 5.74) is 2.81. The Balaban J connectivity index is 2.16. The Kier molecular flexibility index (Phi) is 5.37. The summed E-state index contributed by atoms with van der Waals surface area (Å²) in [6, 6.07) is 17.2. The fraction of sp³-hybridized carbons (Fsp3) is 0.125. The highest BCUT2D eigenvalue weighted by atomic mass is 16.6. The van der Waals surface area contributed by atoms with E-state index < -0.39 is 12.2 Å². The summed E-state index contributed by atoms with van der Waals surface area (Å²) in [6.07, 6.45) is -1.48. The number of hydrogen-bond donors (Lipinski definition) is 1. The lowest BCUT2D eigenvalue weighted by atomic mass is 10.3. The molecular weight excluding hydrogens is 284 g/mol. The Hall–Kier alpha value is -3.02. The monoisotopic (exact) mass is 300 g/mol. The van der Waals surface area contributed by atoms with Gasteiger partial charge in [-0.2, -0.15) is 5.01 Å². The van der Waals surface area contributed by atoms with Crippen molar-refractivity contribution in [3.05, 3.63) is 60.7 Å². The van der Waals surface area contributed by atoms with E-state index in [4.69, 9.17) is 9.47 Å². The summed E-state index contributed by atoms with van der Waals surface area (Å²) in [5.74, 6) is 0.374. The van der Waals surface area contributed by atoms with Gasteiger partial charge in [0.05, 0.1) is 12.3 Å². The molecule has 0 fully saturated rings. The zero-order valence-corrected chi connectivity index (χ0v) is 12.1. The summed E-state index contributed by atoms with van der Waals surface area (Å²) in [7, 11) is 0. The van der Waals surface area contributed by atoms with Gasteiger partial charge in [-0.05, 0) is 31.2 Å². The van der Waals surface area contributed by atoms with E-state index in [1.807, 2.05) is 6.07 Å². The summed E-state index contributed by atoms with van der Waals surface area (Å²) < 4.78 is 10.0. The third kappa shape index (κ3) is 4.24. The van der Waals surface area contributed by atoms with E-state index in [0.29, 0.717) is 11.4 Å². The fourth-order valence-electron chi connectivity index (χ4n) is 1.68. The van der Waals surface area contributed by atoms with Crippen LogP contribution >= 0.6 is 0 Å². The van der Waals surface area contributed by atoms with Crippen LogP contribution < -0.4 is 15.2 Å². The van der Waals surface area contributed by atoms with Crippen molar-refractivity contribution in [2.24, 2.45) is 0 Å². The molecule has 2 aromatic rings. The first-order chi connectivity index (χ1) is 10.7. The molecule has 2 aromatic carbocycles. The number of carbonyl (C=O) groups excluding carboxylic acids is 2. The molecule has 0 aromatic heterocycles. The predicted octanol–water partition coefficient (Wildman–Crippen LogP) is 3.35. The molecule has 1 N–H and O–H groups in total. The number of nitrogens with zero attached hydrogens (tertiary/aromatic N) is 1. The van der Waals surface area contributed by atoms with Gasteiger partial charge in [0.2, 0.25) is 0 Å². The van der Waals surface area contributed by atoms with Crippen molar-refractivity contribution >= 4 is 17.9 Å². The summed E-state index contributed by atoms with van der Waals surface area (Å²) in [5, 5.41) is 0.991. The fourth-order valence-corrected chi connectivity index (χ4v) is 1.68. The molecule has 0 unspecified atom stereocenters. The van der Waals surface area contributed by atoms with Crippen LogP contribution in [0.3, 0.4) is 0 Å². The van der Waals surface area contributed by atoms with Crippen LogP contribution in [0.4, 0.5) is 15.3 Å². The normalized spacial score (nSPS) is 9.68. The number of nitrogens with one attached hydrogen (secondary N) is 1. The summed E-state index contributed by atoms with van der Waals surface area (Å²) in [4.78, 5) is 23.9. The van der Waals surface area contributed by atoms with Gasteiger partial charge in [0.15, 0.2) is 0 Å². The SMILES string of the molecule is CCOC(=O)NN(C(=O)Oc1ccccc1)c1ccccc1. The topological polar surface area (TPSA) is 67.9 Å². The van der Waals surface area contributed by atoms with Crippen LogP contribution in [0.5, 0.6) is 5.75 Å². The van der Waals surface area contributed by atoms with Crippen LogP contribution in [0.25, 0.3) is 0 Å². The second-order valence-electron chi connectivity index (χ2n) is 4.18. The van der Waals surface area contributed by atoms with E-state index in [1.54, 1.807) is 61.5 Å². The van der Waals surface area contributed by atoms with Crippen LogP contribution in [0, 0.1) is 0 Å². The van der Waals surface area contributed by atoms with E-state index in [1.165, 1.54) is 0 Å². The van der Waals surface area contributed by atoms with Gasteiger partial charge in [0.1, 0.15) is 5.75 Å². The molecule has 2 amide bonds. The minimum absolute atomic E-state index is 0.197. The van der Waals surface area contributed by atoms with Crippen molar-refractivity contribution in [3.63, 3.8) is 0 Å². The minimum Gasteiger partial charge on any atom is -0.449 e. The number of ether oxygens (including phenoxy) is 2. The van der Waals surface area contributed by atoms with Crippen LogP contribution in [0.1, 0.15) is 6.92 Å². The van der Waals surface area contributed by atoms with E-state index in [2.05, 4.69) is 5.43 Å². The lowest BCUT2D eigenvalue weighted by Gasteiger charge is -2.22. The maximum absolute atomic E-state index is 12.3. The predicted molar refractivity (Wildman–Crippen MR) is 81.5 cm³/mol. The molecule has 0 spiro atoms. The van der Waals surface area contributed by atoms with Crippen LogP contribution in [-0.2, 0) is 4.74 Å². The molecule has 6 heteroatoms. The molecule has 0 atom stereocenters. The number of rotatable bonds is 3. The van der Waals surface area contributed by atoms with E-state index in [0.717, 1.165) is 5.01 Å². The lowest BCUT2D eigenvalue weighted by molar-refractivity contribution is 0.148. The Morgan fingerprint density at radius 1 is 1.00 bits per heavy atom. The van der Waals surface area contributed by atoms with Gasteiger partial charge in [-0.1, -0.05) is 36.4 Å². The number of anilines is 1. The highest BCUT2D eigenvalue weighted by molar-refractivity contribution is 5.91. The molecule has 2 rings (SSSR count). The van der Waals surface area contributed by atoms with Crippen molar-refractivity contribution < 1.29 is 19.1 Å². The van der Waals surface area contributed by atoms with Gasteiger partial charge in [-0.25, -0.2) is 15.0 Å². The smallest absolute Gasteiger partial charge is 0.439 e. The number of hydrogen-bond acceptors (Lipinski definition) is 4. The maximum Gasteiger partial charge on any atom is 0.439 e. The van der Waals surface area contributed by atoms with Crippen molar-refractivity contribution in [1.82, 2.24) is 5.43 Å². The second-order valence-corrected chi connectivity index (χ2v) is 4.18. The van der Waals surface area contributed by atoms with Gasteiger partial charge in [0.25, 0.3) is 0 Å². The van der Waals surface area contributed by atoms with Crippen molar-refractivity contribution in [1.29, 1.82) is 0 Å². The molecule has 0 heterocycles. The maximum atomic E-state index is 12.3. The third-order valence-electron chi connectivity index (χ3n) is 2.62. The minimum atomic E-state index is -0.745. The molecule has 114 valence electrons. The quantitative estimate of drug-likeness (QED) is 0.883. The highest BCUT2D eigenvalue weighted by Gasteiger charge is 2.21. The summed E-state index contributed by atoms with van der Waals surface area (Å²) >= 11 is 0. The third-order valence-corrected chi connectivity index (χ3v) is 2.62. The van der Waals surface area contributed by atoms with Crippen LogP contribution in [0.15, 0.2) is 60.7 Å². The lowest BCUT2D eigenvalue weighted by Crippen LogP contribution is -2.48. The first-order valence-corrected chi connectivity index (χ1v) is 6.76. The molecule has 0 saturated heterocycles. The van der Waals surface area contributed by atoms with Crippen LogP contribution in [-0.4, -0.2) is 18.8 Å². The molecular formula is C16H16N2O4. The van der Waals surface area contributed by atoms with Gasteiger partial charge < -0.3 is 9.47 Å². The Morgan fingerprint density at radius 2 is 1.59 bits per heavy atom. The molecule has 0 bridgehead atoms. The largest absolute Gasteiger partial charge is 0.449 e. The first kappa shape index (κ1) is 15.4. The Labute approximate surface area is 128 Å². The average Bonchev–Trinajstić information content (AvgIpc) is 2.54. The van der Waals surface area contributed by atoms with Crippen molar-refractivity contribution in [2.45, 2.75) is 6.92 Å². The van der Waals surface area contributed by atoms with E-state index in [-0.39, 0.29) is 6.61 Å². The summed E-state index contributed by atoms with van der Waals surface area (Å²) in [6.45, 7) is 1.87. The average molecular weight is 300 g/mol. The number of para-hydroxylation sites is 2. The highest BCUT2D eigenvalue weighted by Crippen LogP contribution is 2.15. The Bertz CT molecular complexity index is 617. The number of benzene rings is 2. The van der Waals surface area contributed by atoms with Gasteiger partial charge in [-0.3, -0.25) is 0 Å². The molecule has 0 aliphatic heterocycles. The number of carbonyl (C=O) groups is 2. The van der Waals surface area contributed by atoms with Gasteiger partial charge in [-0.15, -0.1) is 0 Å². The van der Waals surface area contributed by atoms with Crippen LogP contribution in [0.2, 0.25) is 0 Å². The number of hydrazine groups is 1. The number of amides is 2. The molecule has 0 saturated carbocycles. The second kappa shape index (κ2) is 7.68. The molecule has 6 nitrogen and oxygen atoms in total. The Morgan fingerprint density at radius 3 is 2.18 bits per heavy atom. The van der Waals surface area contributed by atoms with Gasteiger partial charge >= 0.3 is 12.2 Å². The molecule has 22 heavy (non-hydrogen) atoms. The molecule has 0 aliphatic carbocycles. The standard InChI is InChI=1S/C16H16N2O4/c1-2-21-15(19)17-18(13-9-5-3-6-10-13)16(20)22-14-11-7-4-8-12-14/h3-12H,2H2,1H3,(H,17,19). The zero-order chi connectivity index (χ0) is 15.8. The van der Waals surface area contributed by atoms with Crippen molar-refractivity contribution in [3.8, 4) is 5.75 Å². The molecule has 0 radical (unpaired) electrons. The zero-order valence-electron chi connectivity index (χ0n) is 12.1. The van der Waals surface area contributed by atoms with E-state index >= 15 is 0 Å². The van der Waals surface area contributed by atoms with Gasteiger partial charge in [0, 0.05) is 0 Å². The van der Waals surface area contributed by atoms with Crippen molar-refractivity contribution in [2.75, 3.05) is 11.6 Å². The van der Waals surface area contributed by atoms with E-state index in [9.17, 15) is 9.59 Å². The molecule has 0 aliphatic rings.